The van der Waals surface area contributed by atoms with Crippen molar-refractivity contribution in [2.24, 2.45) is 0 Å². The molecule has 8 nitrogen and oxygen atoms in total. The number of rotatable bonds is 6. The van der Waals surface area contributed by atoms with Crippen molar-refractivity contribution in [3.63, 3.8) is 0 Å². The molecule has 1 aliphatic heterocycles. The van der Waals surface area contributed by atoms with Crippen molar-refractivity contribution in [2.45, 2.75) is 39.7 Å². The number of pyridine rings is 2. The Bertz CT molecular complexity index is 1890. The van der Waals surface area contributed by atoms with Gasteiger partial charge in [-0.25, -0.2) is 23.1 Å². The van der Waals surface area contributed by atoms with Gasteiger partial charge in [0.25, 0.3) is 5.91 Å². The van der Waals surface area contributed by atoms with E-state index in [2.05, 4.69) is 16.5 Å². The lowest BCUT2D eigenvalue weighted by Crippen LogP contribution is -2.54. The monoisotopic (exact) mass is 572 g/mol. The van der Waals surface area contributed by atoms with Gasteiger partial charge in [0.2, 0.25) is 0 Å². The molecular weight excluding hydrogens is 538 g/mol. The van der Waals surface area contributed by atoms with Gasteiger partial charge in [-0.15, -0.1) is 0 Å². The minimum atomic E-state index is -1.05. The van der Waals surface area contributed by atoms with Crippen LogP contribution in [0.3, 0.4) is 0 Å². The number of fused-ring (bicyclic) bond motifs is 1. The molecule has 1 amide bonds. The van der Waals surface area contributed by atoms with Crippen LogP contribution in [-0.4, -0.2) is 56.0 Å². The first-order valence-electron chi connectivity index (χ1n) is 14.6. The van der Waals surface area contributed by atoms with Crippen LogP contribution in [0.4, 0.5) is 14.6 Å². The molecule has 4 aromatic rings. The number of anilines is 1. The smallest absolute Gasteiger partial charge is 0.350 e. The predicted octanol–water partition coefficient (Wildman–Crippen LogP) is 5.58. The van der Waals surface area contributed by atoms with E-state index in [1.165, 1.54) is 21.6 Å². The Morgan fingerprint density at radius 3 is 2.67 bits per heavy atom. The van der Waals surface area contributed by atoms with Crippen molar-refractivity contribution >= 4 is 28.8 Å². The highest BCUT2D eigenvalue weighted by Gasteiger charge is 2.32. The molecule has 1 aliphatic rings. The molecule has 0 bridgehead atoms. The average molecular weight is 573 g/mol. The van der Waals surface area contributed by atoms with Gasteiger partial charge in [-0.2, -0.15) is 4.98 Å². The van der Waals surface area contributed by atoms with Crippen molar-refractivity contribution in [3.8, 4) is 16.9 Å². The first-order valence-corrected chi connectivity index (χ1v) is 13.6. The standard InChI is InChI=1S/C32H32F2N6O2/c1-7-22-10-8-9-11-23(22)27-25(34)16-24-29(39-15-14-38(17-20(39)5)31(41)21(6)33)37-32(42)40(30(24)36-27)28-19(4)12-13-35-26(28)18(2)3/h7-13,16,18,20H,1,6,14-15,17H2,2-5H3/t20-/m0/s1/i1D2. The summed E-state index contributed by atoms with van der Waals surface area (Å²) in [5, 5.41) is 0.264. The molecule has 3 aromatic heterocycles. The number of nitrogens with zero attached hydrogens (tertiary/aromatic N) is 6. The molecule has 42 heavy (non-hydrogen) atoms. The molecule has 0 unspecified atom stereocenters. The highest BCUT2D eigenvalue weighted by Crippen LogP contribution is 2.34. The molecule has 0 spiro atoms. The fourth-order valence-corrected chi connectivity index (χ4v) is 5.47. The second-order valence-corrected chi connectivity index (χ2v) is 10.7. The summed E-state index contributed by atoms with van der Waals surface area (Å²) in [6, 6.07) is 9.38. The van der Waals surface area contributed by atoms with Crippen LogP contribution < -0.4 is 10.6 Å². The summed E-state index contributed by atoms with van der Waals surface area (Å²) in [6.45, 7) is 10.7. The van der Waals surface area contributed by atoms with Crippen LogP contribution in [-0.2, 0) is 4.79 Å². The molecular formula is C32H32F2N6O2. The third-order valence-corrected chi connectivity index (χ3v) is 7.52. The van der Waals surface area contributed by atoms with Gasteiger partial charge in [-0.1, -0.05) is 57.3 Å². The van der Waals surface area contributed by atoms with Crippen molar-refractivity contribution < 1.29 is 16.3 Å². The molecule has 1 fully saturated rings. The molecule has 10 heteroatoms. The Labute approximate surface area is 245 Å². The Balaban J connectivity index is 1.81. The maximum Gasteiger partial charge on any atom is 0.355 e. The number of carbonyl (C=O) groups excluding carboxylic acids is 1. The number of aryl methyl sites for hydroxylation is 1. The van der Waals surface area contributed by atoms with E-state index < -0.39 is 35.8 Å². The number of hydrogen-bond acceptors (Lipinski definition) is 6. The summed E-state index contributed by atoms with van der Waals surface area (Å²) in [5.41, 5.74) is 2.09. The lowest BCUT2D eigenvalue weighted by atomic mass is 10.0. The molecule has 5 rings (SSSR count). The minimum absolute atomic E-state index is 0.0616. The van der Waals surface area contributed by atoms with Crippen molar-refractivity contribution in [1.82, 2.24) is 24.4 Å². The molecule has 0 N–H and O–H groups in total. The molecule has 1 aromatic carbocycles. The van der Waals surface area contributed by atoms with E-state index in [1.807, 2.05) is 27.7 Å². The third kappa shape index (κ3) is 4.97. The van der Waals surface area contributed by atoms with Gasteiger partial charge in [0, 0.05) is 37.4 Å². The SMILES string of the molecule is [2H]C([2H])=Cc1ccccc1-c1nc2c(cc1F)c(N1CCN(C(=O)C(=C)F)C[C@@H]1C)nc(=O)n2-c1c(C)ccnc1C(C)C. The van der Waals surface area contributed by atoms with E-state index in [0.29, 0.717) is 22.5 Å². The second kappa shape index (κ2) is 11.3. The second-order valence-electron chi connectivity index (χ2n) is 10.7. The Morgan fingerprint density at radius 2 is 1.98 bits per heavy atom. The van der Waals surface area contributed by atoms with Crippen molar-refractivity contribution in [2.75, 3.05) is 24.5 Å². The van der Waals surface area contributed by atoms with Gasteiger partial charge in [0.1, 0.15) is 17.3 Å². The van der Waals surface area contributed by atoms with Gasteiger partial charge < -0.3 is 9.80 Å². The summed E-state index contributed by atoms with van der Waals surface area (Å²) in [6.07, 6.45) is 2.96. The maximum absolute atomic E-state index is 16.1. The molecule has 4 heterocycles. The van der Waals surface area contributed by atoms with E-state index in [0.717, 1.165) is 5.56 Å². The number of amides is 1. The molecule has 1 saturated heterocycles. The Morgan fingerprint density at radius 1 is 1.21 bits per heavy atom. The summed E-state index contributed by atoms with van der Waals surface area (Å²) in [5.74, 6) is -2.42. The molecule has 0 saturated carbocycles. The summed E-state index contributed by atoms with van der Waals surface area (Å²) in [4.78, 5) is 43.2. The zero-order valence-electron chi connectivity index (χ0n) is 25.9. The van der Waals surface area contributed by atoms with Gasteiger partial charge in [0.15, 0.2) is 11.5 Å². The average Bonchev–Trinajstić information content (AvgIpc) is 2.96. The van der Waals surface area contributed by atoms with E-state index >= 15 is 4.39 Å². The van der Waals surface area contributed by atoms with Crippen LogP contribution >= 0.6 is 0 Å². The van der Waals surface area contributed by atoms with Crippen LogP contribution in [0.25, 0.3) is 34.1 Å². The van der Waals surface area contributed by atoms with Crippen LogP contribution in [0.15, 0.2) is 66.3 Å². The first kappa shape index (κ1) is 26.2. The van der Waals surface area contributed by atoms with Crippen molar-refractivity contribution in [3.05, 3.63) is 94.7 Å². The third-order valence-electron chi connectivity index (χ3n) is 7.52. The number of halogens is 2. The Kier molecular flexibility index (Phi) is 7.03. The fraction of sp³-hybridized carbons (Fsp3) is 0.281. The van der Waals surface area contributed by atoms with Crippen LogP contribution in [0.2, 0.25) is 0 Å². The minimum Gasteiger partial charge on any atom is -0.350 e. The zero-order chi connectivity index (χ0) is 31.9. The fourth-order valence-electron chi connectivity index (χ4n) is 5.47. The maximum atomic E-state index is 16.1. The topological polar surface area (TPSA) is 84.2 Å². The largest absolute Gasteiger partial charge is 0.355 e. The van der Waals surface area contributed by atoms with Gasteiger partial charge >= 0.3 is 5.69 Å². The quantitative estimate of drug-likeness (QED) is 0.281. The number of carbonyl (C=O) groups is 1. The highest BCUT2D eigenvalue weighted by molar-refractivity contribution is 5.92. The highest BCUT2D eigenvalue weighted by atomic mass is 19.1. The molecule has 0 aliphatic carbocycles. The first-order chi connectivity index (χ1) is 20.9. The number of benzene rings is 1. The van der Waals surface area contributed by atoms with Crippen LogP contribution in [0.5, 0.6) is 0 Å². The predicted molar refractivity (Wildman–Crippen MR) is 161 cm³/mol. The molecule has 1 atom stereocenters. The molecule has 0 radical (unpaired) electrons. The van der Waals surface area contributed by atoms with E-state index in [-0.39, 0.29) is 48.1 Å². The number of hydrogen-bond donors (Lipinski definition) is 0. The summed E-state index contributed by atoms with van der Waals surface area (Å²) >= 11 is 0. The summed E-state index contributed by atoms with van der Waals surface area (Å²) < 4.78 is 46.4. The number of aromatic nitrogens is 4. The van der Waals surface area contributed by atoms with Crippen molar-refractivity contribution in [1.29, 1.82) is 0 Å². The van der Waals surface area contributed by atoms with E-state index in [1.54, 1.807) is 41.4 Å². The zero-order valence-corrected chi connectivity index (χ0v) is 23.9. The van der Waals surface area contributed by atoms with E-state index in [4.69, 9.17) is 7.73 Å². The summed E-state index contributed by atoms with van der Waals surface area (Å²) in [7, 11) is 0. The normalized spacial score (nSPS) is 15.9. The van der Waals surface area contributed by atoms with Gasteiger partial charge in [-0.3, -0.25) is 9.78 Å². The Hall–Kier alpha value is -4.73. The van der Waals surface area contributed by atoms with Crippen LogP contribution in [0, 0.1) is 12.7 Å². The van der Waals surface area contributed by atoms with Gasteiger partial charge in [0.05, 0.1) is 19.5 Å². The lowest BCUT2D eigenvalue weighted by molar-refractivity contribution is -0.129. The van der Waals surface area contributed by atoms with Gasteiger partial charge in [-0.05, 0) is 43.0 Å². The van der Waals surface area contributed by atoms with E-state index in [9.17, 15) is 14.0 Å². The van der Waals surface area contributed by atoms with Crippen LogP contribution in [0.1, 0.15) is 46.3 Å². The number of piperazine rings is 1. The molecule has 216 valence electrons. The lowest BCUT2D eigenvalue weighted by Gasteiger charge is -2.40.